The lowest BCUT2D eigenvalue weighted by Gasteiger charge is -2.28. The molecule has 9 aromatic rings. The van der Waals surface area contributed by atoms with E-state index in [1.54, 1.807) is 0 Å². The number of hydrogen-bond donors (Lipinski definition) is 0. The third-order valence-corrected chi connectivity index (χ3v) is 11.4. The number of aryl methyl sites for hydroxylation is 1. The molecule has 0 spiro atoms. The Labute approximate surface area is 316 Å². The van der Waals surface area contributed by atoms with E-state index >= 15 is 0 Å². The molecule has 1 heterocycles. The summed E-state index contributed by atoms with van der Waals surface area (Å²) in [6.07, 6.45) is 0. The van der Waals surface area contributed by atoms with Crippen LogP contribution in [0.2, 0.25) is 0 Å². The van der Waals surface area contributed by atoms with Gasteiger partial charge in [-0.2, -0.15) is 0 Å². The predicted octanol–water partition coefficient (Wildman–Crippen LogP) is 14.7. The number of nitrogens with zero attached hydrogens (tertiary/aromatic N) is 1. The maximum absolute atomic E-state index is 6.41. The van der Waals surface area contributed by atoms with Gasteiger partial charge in [0.05, 0.1) is 0 Å². The molecule has 0 N–H and O–H groups in total. The van der Waals surface area contributed by atoms with Gasteiger partial charge in [0.2, 0.25) is 0 Å². The van der Waals surface area contributed by atoms with Crippen molar-refractivity contribution in [3.05, 3.63) is 199 Å². The molecule has 0 atom stereocenters. The van der Waals surface area contributed by atoms with Crippen LogP contribution in [-0.4, -0.2) is 0 Å². The lowest BCUT2D eigenvalue weighted by molar-refractivity contribution is 0.660. The number of fused-ring (bicyclic) bond motifs is 6. The van der Waals surface area contributed by atoms with E-state index < -0.39 is 0 Å². The van der Waals surface area contributed by atoms with Crippen molar-refractivity contribution in [3.63, 3.8) is 0 Å². The van der Waals surface area contributed by atoms with Gasteiger partial charge in [-0.25, -0.2) is 0 Å². The van der Waals surface area contributed by atoms with E-state index in [0.29, 0.717) is 0 Å². The molecule has 0 unspecified atom stereocenters. The van der Waals surface area contributed by atoms with Crippen molar-refractivity contribution < 1.29 is 4.42 Å². The van der Waals surface area contributed by atoms with E-state index in [1.807, 2.05) is 12.1 Å². The number of benzene rings is 8. The van der Waals surface area contributed by atoms with E-state index in [1.165, 1.54) is 50.1 Å². The Balaban J connectivity index is 1.04. The quantitative estimate of drug-likeness (QED) is 0.172. The highest BCUT2D eigenvalue weighted by Crippen LogP contribution is 2.50. The molecule has 1 aromatic heterocycles. The molecule has 2 heteroatoms. The van der Waals surface area contributed by atoms with Crippen molar-refractivity contribution in [2.45, 2.75) is 26.2 Å². The Morgan fingerprint density at radius 1 is 0.407 bits per heavy atom. The van der Waals surface area contributed by atoms with Crippen LogP contribution in [-0.2, 0) is 5.41 Å². The molecule has 1 aliphatic carbocycles. The van der Waals surface area contributed by atoms with Crippen molar-refractivity contribution in [2.75, 3.05) is 4.90 Å². The van der Waals surface area contributed by atoms with E-state index in [9.17, 15) is 0 Å². The van der Waals surface area contributed by atoms with Crippen LogP contribution in [0, 0.1) is 6.92 Å². The zero-order valence-corrected chi connectivity index (χ0v) is 30.7. The smallest absolute Gasteiger partial charge is 0.143 e. The highest BCUT2D eigenvalue weighted by Gasteiger charge is 2.35. The van der Waals surface area contributed by atoms with Gasteiger partial charge in [-0.05, 0) is 99.5 Å². The monoisotopic (exact) mass is 693 g/mol. The van der Waals surface area contributed by atoms with Gasteiger partial charge >= 0.3 is 0 Å². The van der Waals surface area contributed by atoms with Crippen LogP contribution in [0.15, 0.2) is 186 Å². The Bertz CT molecular complexity index is 2820. The molecular weight excluding hydrogens is 655 g/mol. The van der Waals surface area contributed by atoms with Crippen molar-refractivity contribution in [3.8, 4) is 44.5 Å². The van der Waals surface area contributed by atoms with Gasteiger partial charge in [-0.1, -0.05) is 159 Å². The standard InChI is InChI=1S/C52H39NO/c1-34-15-17-35(18-16-34)36-19-21-37(22-20-36)38-23-27-40(28-24-38)53(42-31-32-45-44-9-4-6-13-48(44)52(2,3)49(45)33-42)41-29-25-39(26-30-41)43-11-8-12-47-46-10-5-7-14-50(46)54-51(43)47/h4-33H,1-3H3. The minimum absolute atomic E-state index is 0.0999. The van der Waals surface area contributed by atoms with Crippen molar-refractivity contribution in [1.82, 2.24) is 0 Å². The van der Waals surface area contributed by atoms with E-state index in [0.717, 1.165) is 50.1 Å². The van der Waals surface area contributed by atoms with Gasteiger partial charge in [0.1, 0.15) is 11.2 Å². The van der Waals surface area contributed by atoms with Gasteiger partial charge < -0.3 is 9.32 Å². The van der Waals surface area contributed by atoms with Crippen molar-refractivity contribution in [2.24, 2.45) is 0 Å². The molecule has 0 saturated heterocycles. The second-order valence-electron chi connectivity index (χ2n) is 15.1. The highest BCUT2D eigenvalue weighted by molar-refractivity contribution is 6.09. The van der Waals surface area contributed by atoms with Crippen molar-refractivity contribution >= 4 is 39.0 Å². The first-order valence-electron chi connectivity index (χ1n) is 18.8. The van der Waals surface area contributed by atoms with Crippen LogP contribution in [0.4, 0.5) is 17.1 Å². The summed E-state index contributed by atoms with van der Waals surface area (Å²) < 4.78 is 6.41. The minimum Gasteiger partial charge on any atom is -0.455 e. The van der Waals surface area contributed by atoms with E-state index in [2.05, 4.69) is 196 Å². The minimum atomic E-state index is -0.0999. The lowest BCUT2D eigenvalue weighted by Crippen LogP contribution is -2.16. The molecule has 1 aliphatic rings. The average molecular weight is 694 g/mol. The Hall–Kier alpha value is -6.64. The van der Waals surface area contributed by atoms with Crippen LogP contribution in [0.5, 0.6) is 0 Å². The zero-order chi connectivity index (χ0) is 36.4. The molecule has 8 aromatic carbocycles. The summed E-state index contributed by atoms with van der Waals surface area (Å²) >= 11 is 0. The number of furan rings is 1. The molecule has 54 heavy (non-hydrogen) atoms. The van der Waals surface area contributed by atoms with Crippen LogP contribution < -0.4 is 4.90 Å². The number of para-hydroxylation sites is 2. The summed E-state index contributed by atoms with van der Waals surface area (Å²) in [5, 5.41) is 2.28. The summed E-state index contributed by atoms with van der Waals surface area (Å²) in [7, 11) is 0. The second-order valence-corrected chi connectivity index (χ2v) is 15.1. The molecule has 258 valence electrons. The highest BCUT2D eigenvalue weighted by atomic mass is 16.3. The summed E-state index contributed by atoms with van der Waals surface area (Å²) in [6.45, 7) is 6.82. The number of rotatable bonds is 6. The molecule has 0 aliphatic heterocycles. The van der Waals surface area contributed by atoms with Gasteiger partial charge in [-0.15, -0.1) is 0 Å². The average Bonchev–Trinajstić information content (AvgIpc) is 3.71. The fraction of sp³-hybridized carbons (Fsp3) is 0.0769. The second kappa shape index (κ2) is 12.5. The molecular formula is C52H39NO. The fourth-order valence-electron chi connectivity index (χ4n) is 8.45. The summed E-state index contributed by atoms with van der Waals surface area (Å²) in [6, 6.07) is 66.1. The van der Waals surface area contributed by atoms with E-state index in [-0.39, 0.29) is 5.41 Å². The van der Waals surface area contributed by atoms with Crippen molar-refractivity contribution in [1.29, 1.82) is 0 Å². The van der Waals surface area contributed by atoms with Crippen LogP contribution in [0.3, 0.4) is 0 Å². The van der Waals surface area contributed by atoms with Gasteiger partial charge in [0.25, 0.3) is 0 Å². The molecule has 0 saturated carbocycles. The molecule has 10 rings (SSSR count). The first-order valence-corrected chi connectivity index (χ1v) is 18.8. The molecule has 2 nitrogen and oxygen atoms in total. The summed E-state index contributed by atoms with van der Waals surface area (Å²) in [4.78, 5) is 2.38. The van der Waals surface area contributed by atoms with Gasteiger partial charge in [0, 0.05) is 38.8 Å². The molecule has 0 radical (unpaired) electrons. The topological polar surface area (TPSA) is 16.4 Å². The van der Waals surface area contributed by atoms with Gasteiger partial charge in [-0.3, -0.25) is 0 Å². The molecule has 0 bridgehead atoms. The largest absolute Gasteiger partial charge is 0.455 e. The number of hydrogen-bond acceptors (Lipinski definition) is 2. The van der Waals surface area contributed by atoms with Crippen LogP contribution >= 0.6 is 0 Å². The van der Waals surface area contributed by atoms with Crippen LogP contribution in [0.25, 0.3) is 66.4 Å². The summed E-state index contributed by atoms with van der Waals surface area (Å²) in [5.74, 6) is 0. The molecule has 0 amide bonds. The van der Waals surface area contributed by atoms with Crippen LogP contribution in [0.1, 0.15) is 30.5 Å². The Morgan fingerprint density at radius 2 is 0.907 bits per heavy atom. The van der Waals surface area contributed by atoms with Gasteiger partial charge in [0.15, 0.2) is 0 Å². The summed E-state index contributed by atoms with van der Waals surface area (Å²) in [5.41, 5.74) is 18.8. The first kappa shape index (κ1) is 32.0. The first-order chi connectivity index (χ1) is 26.4. The fourth-order valence-corrected chi connectivity index (χ4v) is 8.45. The SMILES string of the molecule is Cc1ccc(-c2ccc(-c3ccc(N(c4ccc(-c5cccc6c5oc5ccccc56)cc4)c4ccc5c(c4)C(C)(C)c4ccccc4-5)cc3)cc2)cc1. The third kappa shape index (κ3) is 5.25. The predicted molar refractivity (Wildman–Crippen MR) is 227 cm³/mol. The number of anilines is 3. The Morgan fingerprint density at radius 3 is 1.59 bits per heavy atom. The third-order valence-electron chi connectivity index (χ3n) is 11.4. The maximum atomic E-state index is 6.41. The normalized spacial score (nSPS) is 12.9. The molecule has 0 fully saturated rings. The maximum Gasteiger partial charge on any atom is 0.143 e. The Kier molecular flexibility index (Phi) is 7.42. The van der Waals surface area contributed by atoms with E-state index in [4.69, 9.17) is 4.42 Å². The lowest BCUT2D eigenvalue weighted by atomic mass is 9.82. The zero-order valence-electron chi connectivity index (χ0n) is 30.7.